The molecule has 0 bridgehead atoms. The van der Waals surface area contributed by atoms with Gasteiger partial charge in [0.1, 0.15) is 6.04 Å². The quantitative estimate of drug-likeness (QED) is 0.778. The standard InChI is InChI=1S/C9H13N3O2S/c1-10-7-6-14-4-3-12(8(7)13)9-11-2-5-15-9/h2,5,7,10H,3-4,6H2,1H3. The van der Waals surface area contributed by atoms with Crippen LogP contribution >= 0.6 is 11.3 Å². The number of hydrogen-bond acceptors (Lipinski definition) is 5. The smallest absolute Gasteiger partial charge is 0.248 e. The molecule has 0 spiro atoms. The van der Waals surface area contributed by atoms with Gasteiger partial charge in [-0.15, -0.1) is 11.3 Å². The van der Waals surface area contributed by atoms with E-state index in [-0.39, 0.29) is 11.9 Å². The number of rotatable bonds is 2. The highest BCUT2D eigenvalue weighted by Gasteiger charge is 2.28. The van der Waals surface area contributed by atoms with Crippen molar-refractivity contribution in [3.8, 4) is 0 Å². The van der Waals surface area contributed by atoms with Gasteiger partial charge >= 0.3 is 0 Å². The molecule has 2 heterocycles. The Kier molecular flexibility index (Phi) is 3.30. The fourth-order valence-corrected chi connectivity index (χ4v) is 2.15. The Balaban J connectivity index is 2.19. The molecule has 1 aliphatic rings. The average Bonchev–Trinajstić information content (AvgIpc) is 2.70. The van der Waals surface area contributed by atoms with Crippen LogP contribution in [0.25, 0.3) is 0 Å². The molecule has 1 saturated heterocycles. The molecule has 15 heavy (non-hydrogen) atoms. The van der Waals surface area contributed by atoms with Crippen LogP contribution in [0.15, 0.2) is 11.6 Å². The van der Waals surface area contributed by atoms with Gasteiger partial charge in [-0.1, -0.05) is 0 Å². The summed E-state index contributed by atoms with van der Waals surface area (Å²) in [7, 11) is 1.76. The molecule has 0 aliphatic carbocycles. The van der Waals surface area contributed by atoms with Gasteiger partial charge in [0.05, 0.1) is 19.8 Å². The van der Waals surface area contributed by atoms with Crippen molar-refractivity contribution < 1.29 is 9.53 Å². The number of nitrogens with zero attached hydrogens (tertiary/aromatic N) is 2. The Labute approximate surface area is 92.1 Å². The molecule has 1 aliphatic heterocycles. The highest BCUT2D eigenvalue weighted by molar-refractivity contribution is 7.13. The van der Waals surface area contributed by atoms with Gasteiger partial charge in [-0.25, -0.2) is 4.98 Å². The van der Waals surface area contributed by atoms with Gasteiger partial charge < -0.3 is 10.1 Å². The predicted molar refractivity (Wildman–Crippen MR) is 58.1 cm³/mol. The van der Waals surface area contributed by atoms with Crippen molar-refractivity contribution >= 4 is 22.4 Å². The van der Waals surface area contributed by atoms with Gasteiger partial charge in [0.15, 0.2) is 5.13 Å². The zero-order valence-corrected chi connectivity index (χ0v) is 9.29. The van der Waals surface area contributed by atoms with Crippen LogP contribution in [0.2, 0.25) is 0 Å². The van der Waals surface area contributed by atoms with Crippen molar-refractivity contribution in [1.29, 1.82) is 0 Å². The Hall–Kier alpha value is -0.980. The maximum Gasteiger partial charge on any atom is 0.248 e. The summed E-state index contributed by atoms with van der Waals surface area (Å²) in [6.07, 6.45) is 1.70. The predicted octanol–water partition coefficient (Wildman–Crippen LogP) is 0.0943. The fourth-order valence-electron chi connectivity index (χ4n) is 1.47. The van der Waals surface area contributed by atoms with E-state index in [4.69, 9.17) is 4.74 Å². The van der Waals surface area contributed by atoms with Crippen LogP contribution in [-0.4, -0.2) is 43.7 Å². The van der Waals surface area contributed by atoms with E-state index >= 15 is 0 Å². The Bertz CT molecular complexity index is 328. The lowest BCUT2D eigenvalue weighted by molar-refractivity contribution is -0.120. The number of thiazole rings is 1. The normalized spacial score (nSPS) is 22.9. The first-order valence-electron chi connectivity index (χ1n) is 4.79. The monoisotopic (exact) mass is 227 g/mol. The molecule has 5 nitrogen and oxygen atoms in total. The summed E-state index contributed by atoms with van der Waals surface area (Å²) in [4.78, 5) is 17.8. The topological polar surface area (TPSA) is 54.5 Å². The molecule has 1 N–H and O–H groups in total. The van der Waals surface area contributed by atoms with Crippen molar-refractivity contribution in [2.24, 2.45) is 0 Å². The minimum absolute atomic E-state index is 0.0324. The van der Waals surface area contributed by atoms with E-state index in [1.165, 1.54) is 11.3 Å². The van der Waals surface area contributed by atoms with Crippen LogP contribution in [0.5, 0.6) is 0 Å². The Morgan fingerprint density at radius 2 is 2.60 bits per heavy atom. The third-order valence-corrected chi connectivity index (χ3v) is 3.10. The number of nitrogens with one attached hydrogen (secondary N) is 1. The summed E-state index contributed by atoms with van der Waals surface area (Å²) in [6.45, 7) is 1.56. The van der Waals surface area contributed by atoms with Crippen LogP contribution in [0.4, 0.5) is 5.13 Å². The van der Waals surface area contributed by atoms with E-state index in [9.17, 15) is 4.79 Å². The summed E-state index contributed by atoms with van der Waals surface area (Å²) < 4.78 is 5.35. The summed E-state index contributed by atoms with van der Waals surface area (Å²) in [6, 6.07) is -0.267. The highest BCUT2D eigenvalue weighted by atomic mass is 32.1. The van der Waals surface area contributed by atoms with E-state index in [0.29, 0.717) is 19.8 Å². The van der Waals surface area contributed by atoms with Gasteiger partial charge in [0, 0.05) is 11.6 Å². The maximum atomic E-state index is 12.0. The van der Waals surface area contributed by atoms with Crippen molar-refractivity contribution in [2.45, 2.75) is 6.04 Å². The number of likely N-dealkylation sites (N-methyl/N-ethyl adjacent to an activating group) is 1. The summed E-state index contributed by atoms with van der Waals surface area (Å²) >= 11 is 1.47. The number of anilines is 1. The number of aromatic nitrogens is 1. The molecule has 1 atom stereocenters. The molecule has 6 heteroatoms. The first-order valence-corrected chi connectivity index (χ1v) is 5.67. The second kappa shape index (κ2) is 4.69. The zero-order chi connectivity index (χ0) is 10.7. The first-order chi connectivity index (χ1) is 7.33. The molecule has 0 saturated carbocycles. The van der Waals surface area contributed by atoms with Crippen LogP contribution in [0, 0.1) is 0 Å². The van der Waals surface area contributed by atoms with Crippen molar-refractivity contribution in [2.75, 3.05) is 31.7 Å². The molecular formula is C9H13N3O2S. The van der Waals surface area contributed by atoms with Crippen molar-refractivity contribution in [3.05, 3.63) is 11.6 Å². The third-order valence-electron chi connectivity index (χ3n) is 2.31. The number of ether oxygens (including phenoxy) is 1. The zero-order valence-electron chi connectivity index (χ0n) is 8.47. The molecule has 1 aromatic heterocycles. The molecular weight excluding hydrogens is 214 g/mol. The van der Waals surface area contributed by atoms with E-state index in [0.717, 1.165) is 5.13 Å². The fraction of sp³-hybridized carbons (Fsp3) is 0.556. The Morgan fingerprint density at radius 1 is 1.73 bits per heavy atom. The number of carbonyl (C=O) groups excluding carboxylic acids is 1. The summed E-state index contributed by atoms with van der Waals surface area (Å²) in [5.41, 5.74) is 0. The summed E-state index contributed by atoms with van der Waals surface area (Å²) in [5.74, 6) is 0.0324. The largest absolute Gasteiger partial charge is 0.377 e. The molecule has 1 fully saturated rings. The number of carbonyl (C=O) groups is 1. The maximum absolute atomic E-state index is 12.0. The molecule has 0 aromatic carbocycles. The lowest BCUT2D eigenvalue weighted by Gasteiger charge is -2.20. The second-order valence-electron chi connectivity index (χ2n) is 3.22. The van der Waals surface area contributed by atoms with E-state index < -0.39 is 0 Å². The van der Waals surface area contributed by atoms with Gasteiger partial charge in [-0.2, -0.15) is 0 Å². The average molecular weight is 227 g/mol. The van der Waals surface area contributed by atoms with Crippen LogP contribution in [0.1, 0.15) is 0 Å². The second-order valence-corrected chi connectivity index (χ2v) is 4.09. The van der Waals surface area contributed by atoms with E-state index in [1.807, 2.05) is 5.38 Å². The molecule has 2 rings (SSSR count). The van der Waals surface area contributed by atoms with Crippen LogP contribution < -0.4 is 10.2 Å². The Morgan fingerprint density at radius 3 is 3.27 bits per heavy atom. The first kappa shape index (κ1) is 10.5. The minimum Gasteiger partial charge on any atom is -0.377 e. The SMILES string of the molecule is CNC1COCCN(c2nccs2)C1=O. The molecule has 1 amide bonds. The van der Waals surface area contributed by atoms with Gasteiger partial charge in [0.2, 0.25) is 5.91 Å². The van der Waals surface area contributed by atoms with Gasteiger partial charge in [-0.05, 0) is 7.05 Å². The molecule has 1 aromatic rings. The van der Waals surface area contributed by atoms with Crippen LogP contribution in [0.3, 0.4) is 0 Å². The van der Waals surface area contributed by atoms with Crippen LogP contribution in [-0.2, 0) is 9.53 Å². The third kappa shape index (κ3) is 2.17. The lowest BCUT2D eigenvalue weighted by Crippen LogP contribution is -2.46. The highest BCUT2D eigenvalue weighted by Crippen LogP contribution is 2.19. The molecule has 1 unspecified atom stereocenters. The molecule has 82 valence electrons. The van der Waals surface area contributed by atoms with Gasteiger partial charge in [0.25, 0.3) is 0 Å². The van der Waals surface area contributed by atoms with E-state index in [1.54, 1.807) is 18.1 Å². The lowest BCUT2D eigenvalue weighted by atomic mass is 10.3. The van der Waals surface area contributed by atoms with Crippen molar-refractivity contribution in [1.82, 2.24) is 10.3 Å². The summed E-state index contributed by atoms with van der Waals surface area (Å²) in [5, 5.41) is 5.55. The number of amides is 1. The number of hydrogen-bond donors (Lipinski definition) is 1. The minimum atomic E-state index is -0.267. The van der Waals surface area contributed by atoms with Crippen molar-refractivity contribution in [3.63, 3.8) is 0 Å². The molecule has 0 radical (unpaired) electrons. The van der Waals surface area contributed by atoms with E-state index in [2.05, 4.69) is 10.3 Å². The van der Waals surface area contributed by atoms with Gasteiger partial charge in [-0.3, -0.25) is 9.69 Å².